The number of nitrogens with one attached hydrogen (secondary N) is 1. The first-order chi connectivity index (χ1) is 13.0. The van der Waals surface area contributed by atoms with Gasteiger partial charge >= 0.3 is 0 Å². The number of rotatable bonds is 6. The average Bonchev–Trinajstić information content (AvgIpc) is 3.09. The van der Waals surface area contributed by atoms with Crippen molar-refractivity contribution in [3.8, 4) is 5.75 Å². The average molecular weight is 409 g/mol. The molecular formula is C17H24N6O2S2. The zero-order chi connectivity index (χ0) is 19.4. The topological polar surface area (TPSA) is 96.6 Å². The molecule has 146 valence electrons. The smallest absolute Gasteiger partial charge is 0.241 e. The van der Waals surface area contributed by atoms with Crippen molar-refractivity contribution in [2.45, 2.75) is 22.1 Å². The summed E-state index contributed by atoms with van der Waals surface area (Å²) in [7, 11) is 3.78. The summed E-state index contributed by atoms with van der Waals surface area (Å²) < 4.78 is 10.6. The van der Waals surface area contributed by atoms with E-state index in [1.165, 1.54) is 23.3 Å². The predicted octanol–water partition coefficient (Wildman–Crippen LogP) is 1.74. The first-order valence-corrected chi connectivity index (χ1v) is 10.2. The molecule has 8 nitrogen and oxygen atoms in total. The molecule has 27 heavy (non-hydrogen) atoms. The van der Waals surface area contributed by atoms with Crippen LogP contribution in [-0.2, 0) is 4.79 Å². The molecule has 2 aromatic heterocycles. The lowest BCUT2D eigenvalue weighted by Gasteiger charge is -2.33. The number of carbonyl (C=O) groups excluding carboxylic acids is 1. The second kappa shape index (κ2) is 8.87. The molecule has 10 heteroatoms. The number of hydrogen-bond acceptors (Lipinski definition) is 9. The molecule has 3 N–H and O–H groups in total. The molecule has 0 aliphatic carbocycles. The Kier molecular flexibility index (Phi) is 6.53. The molecule has 1 fully saturated rings. The Morgan fingerprint density at radius 3 is 2.78 bits per heavy atom. The van der Waals surface area contributed by atoms with Crippen LogP contribution in [0, 0.1) is 0 Å². The highest BCUT2D eigenvalue weighted by Crippen LogP contribution is 2.39. The highest BCUT2D eigenvalue weighted by molar-refractivity contribution is 8.01. The quantitative estimate of drug-likeness (QED) is 0.746. The van der Waals surface area contributed by atoms with Gasteiger partial charge in [-0.1, -0.05) is 11.8 Å². The number of anilines is 2. The lowest BCUT2D eigenvalue weighted by atomic mass is 10.3. The van der Waals surface area contributed by atoms with Crippen molar-refractivity contribution in [1.82, 2.24) is 14.3 Å². The summed E-state index contributed by atoms with van der Waals surface area (Å²) in [5.74, 6) is 1.37. The molecule has 0 saturated carbocycles. The number of hydrogen-bond donors (Lipinski definition) is 2. The number of carbonyl (C=O) groups is 1. The molecule has 3 rings (SSSR count). The Morgan fingerprint density at radius 2 is 2.11 bits per heavy atom. The van der Waals surface area contributed by atoms with Gasteiger partial charge in [0.1, 0.15) is 4.21 Å². The standard InChI is InChI=1S/C17H24N6O2S2/c1-11(18)16(24)21-13-10-20-27-17(13)26-12-8-14(25-3)15(19-9-12)23-6-4-22(2)5-7-23/h8-11H,4-7,18H2,1-3H3,(H,21,24). The van der Waals surface area contributed by atoms with Crippen LogP contribution in [0.1, 0.15) is 6.92 Å². The van der Waals surface area contributed by atoms with Gasteiger partial charge in [0.15, 0.2) is 11.6 Å². The van der Waals surface area contributed by atoms with Crippen LogP contribution in [0.25, 0.3) is 0 Å². The Hall–Kier alpha value is -1.88. The number of amides is 1. The minimum absolute atomic E-state index is 0.238. The first-order valence-electron chi connectivity index (χ1n) is 8.64. The van der Waals surface area contributed by atoms with Crippen molar-refractivity contribution in [2.75, 3.05) is 50.6 Å². The molecule has 3 heterocycles. The molecule has 1 aliphatic heterocycles. The van der Waals surface area contributed by atoms with Gasteiger partial charge in [-0.2, -0.15) is 4.37 Å². The Balaban J connectivity index is 1.75. The Labute approximate surface area is 167 Å². The highest BCUT2D eigenvalue weighted by Gasteiger charge is 2.20. The summed E-state index contributed by atoms with van der Waals surface area (Å²) in [5, 5.41) is 2.80. The maximum Gasteiger partial charge on any atom is 0.241 e. The lowest BCUT2D eigenvalue weighted by molar-refractivity contribution is -0.117. The van der Waals surface area contributed by atoms with E-state index in [-0.39, 0.29) is 5.91 Å². The molecule has 2 aromatic rings. The Bertz CT molecular complexity index is 789. The summed E-state index contributed by atoms with van der Waals surface area (Å²) >= 11 is 2.81. The SMILES string of the molecule is COc1cc(Sc2sncc2NC(=O)C(C)N)cnc1N1CCN(C)CC1. The summed E-state index contributed by atoms with van der Waals surface area (Å²) in [4.78, 5) is 22.0. The predicted molar refractivity (Wildman–Crippen MR) is 109 cm³/mol. The lowest BCUT2D eigenvalue weighted by Crippen LogP contribution is -2.44. The molecular weight excluding hydrogens is 384 g/mol. The van der Waals surface area contributed by atoms with Gasteiger partial charge in [0.05, 0.1) is 25.0 Å². The summed E-state index contributed by atoms with van der Waals surface area (Å²) in [6, 6.07) is 1.40. The molecule has 1 atom stereocenters. The number of likely N-dealkylation sites (N-methyl/N-ethyl adjacent to an activating group) is 1. The van der Waals surface area contributed by atoms with E-state index in [1.54, 1.807) is 20.2 Å². The van der Waals surface area contributed by atoms with Crippen LogP contribution in [0.2, 0.25) is 0 Å². The van der Waals surface area contributed by atoms with Gasteiger partial charge in [0.25, 0.3) is 0 Å². The summed E-state index contributed by atoms with van der Waals surface area (Å²) in [6.07, 6.45) is 3.47. The number of piperazine rings is 1. The minimum atomic E-state index is -0.576. The molecule has 1 amide bonds. The van der Waals surface area contributed by atoms with Crippen molar-refractivity contribution >= 4 is 40.7 Å². The molecule has 0 bridgehead atoms. The monoisotopic (exact) mass is 408 g/mol. The number of ether oxygens (including phenoxy) is 1. The van der Waals surface area contributed by atoms with Crippen molar-refractivity contribution in [2.24, 2.45) is 5.73 Å². The summed E-state index contributed by atoms with van der Waals surface area (Å²) in [6.45, 7) is 5.51. The number of nitrogens with two attached hydrogens (primary N) is 1. The zero-order valence-corrected chi connectivity index (χ0v) is 17.3. The van der Waals surface area contributed by atoms with Crippen molar-refractivity contribution in [1.29, 1.82) is 0 Å². The van der Waals surface area contributed by atoms with Gasteiger partial charge in [0.2, 0.25) is 5.91 Å². The maximum absolute atomic E-state index is 11.8. The van der Waals surface area contributed by atoms with E-state index in [1.807, 2.05) is 12.3 Å². The van der Waals surface area contributed by atoms with Crippen molar-refractivity contribution < 1.29 is 9.53 Å². The van der Waals surface area contributed by atoms with Crippen molar-refractivity contribution in [3.63, 3.8) is 0 Å². The molecule has 0 radical (unpaired) electrons. The van der Waals surface area contributed by atoms with E-state index < -0.39 is 6.04 Å². The van der Waals surface area contributed by atoms with E-state index in [2.05, 4.69) is 31.5 Å². The zero-order valence-electron chi connectivity index (χ0n) is 15.6. The van der Waals surface area contributed by atoms with Crippen LogP contribution in [0.5, 0.6) is 5.75 Å². The number of nitrogens with zero attached hydrogens (tertiary/aromatic N) is 4. The minimum Gasteiger partial charge on any atom is -0.493 e. The third kappa shape index (κ3) is 4.89. The molecule has 1 saturated heterocycles. The maximum atomic E-state index is 11.8. The molecule has 0 spiro atoms. The fourth-order valence-electron chi connectivity index (χ4n) is 2.62. The molecule has 1 aliphatic rings. The van der Waals surface area contributed by atoms with Gasteiger partial charge in [0, 0.05) is 37.3 Å². The van der Waals surface area contributed by atoms with E-state index in [9.17, 15) is 4.79 Å². The van der Waals surface area contributed by atoms with Crippen LogP contribution < -0.4 is 20.7 Å². The van der Waals surface area contributed by atoms with E-state index in [0.29, 0.717) is 5.69 Å². The van der Waals surface area contributed by atoms with Crippen LogP contribution in [-0.4, -0.2) is 66.5 Å². The van der Waals surface area contributed by atoms with Gasteiger partial charge in [-0.15, -0.1) is 0 Å². The fourth-order valence-corrected chi connectivity index (χ4v) is 4.34. The fraction of sp³-hybridized carbons (Fsp3) is 0.471. The second-order valence-electron chi connectivity index (χ2n) is 6.39. The summed E-state index contributed by atoms with van der Waals surface area (Å²) in [5.41, 5.74) is 6.28. The first kappa shape index (κ1) is 19.9. The van der Waals surface area contributed by atoms with E-state index >= 15 is 0 Å². The van der Waals surface area contributed by atoms with Gasteiger partial charge in [-0.25, -0.2) is 4.98 Å². The van der Waals surface area contributed by atoms with Crippen molar-refractivity contribution in [3.05, 3.63) is 18.5 Å². The number of aromatic nitrogens is 2. The molecule has 0 aromatic carbocycles. The largest absolute Gasteiger partial charge is 0.493 e. The second-order valence-corrected chi connectivity index (χ2v) is 8.54. The third-order valence-corrected chi connectivity index (χ3v) is 6.18. The van der Waals surface area contributed by atoms with Crippen LogP contribution in [0.15, 0.2) is 27.6 Å². The van der Waals surface area contributed by atoms with Gasteiger partial charge < -0.3 is 25.6 Å². The van der Waals surface area contributed by atoms with Gasteiger partial charge in [-0.3, -0.25) is 4.79 Å². The van der Waals surface area contributed by atoms with Crippen LogP contribution in [0.3, 0.4) is 0 Å². The number of methoxy groups -OCH3 is 1. The third-order valence-electron chi connectivity index (χ3n) is 4.25. The molecule has 1 unspecified atom stereocenters. The normalized spacial score (nSPS) is 16.2. The van der Waals surface area contributed by atoms with Gasteiger partial charge in [-0.05, 0) is 31.6 Å². The highest BCUT2D eigenvalue weighted by atomic mass is 32.2. The Morgan fingerprint density at radius 1 is 1.37 bits per heavy atom. The van der Waals surface area contributed by atoms with Crippen LogP contribution >= 0.6 is 23.3 Å². The van der Waals surface area contributed by atoms with E-state index in [4.69, 9.17) is 10.5 Å². The number of pyridine rings is 1. The van der Waals surface area contributed by atoms with Crippen LogP contribution in [0.4, 0.5) is 11.5 Å². The van der Waals surface area contributed by atoms with E-state index in [0.717, 1.165) is 46.9 Å².